The van der Waals surface area contributed by atoms with Crippen molar-refractivity contribution in [3.05, 3.63) is 35.9 Å². The summed E-state index contributed by atoms with van der Waals surface area (Å²) in [5.74, 6) is 0.766. The van der Waals surface area contributed by atoms with Crippen LogP contribution in [0.1, 0.15) is 51.5 Å². The molecule has 1 aliphatic heterocycles. The van der Waals surface area contributed by atoms with Crippen molar-refractivity contribution in [1.29, 1.82) is 0 Å². The Morgan fingerprint density at radius 3 is 2.62 bits per heavy atom. The zero-order valence-electron chi connectivity index (χ0n) is 13.6. The van der Waals surface area contributed by atoms with Crippen LogP contribution in [-0.2, 0) is 6.54 Å². The number of nitrogens with one attached hydrogen (secondary N) is 1. The van der Waals surface area contributed by atoms with Crippen molar-refractivity contribution in [2.24, 2.45) is 5.92 Å². The molecule has 2 nitrogen and oxygen atoms in total. The lowest BCUT2D eigenvalue weighted by molar-refractivity contribution is 0.0239. The summed E-state index contributed by atoms with van der Waals surface area (Å²) in [4.78, 5) is 2.81. The van der Waals surface area contributed by atoms with Gasteiger partial charge >= 0.3 is 0 Å². The highest BCUT2D eigenvalue weighted by Crippen LogP contribution is 2.38. The minimum Gasteiger partial charge on any atom is -0.311 e. The maximum absolute atomic E-state index is 3.88. The van der Waals surface area contributed by atoms with Gasteiger partial charge in [0.05, 0.1) is 0 Å². The lowest BCUT2D eigenvalue weighted by atomic mass is 9.87. The second-order valence-electron chi connectivity index (χ2n) is 7.17. The van der Waals surface area contributed by atoms with Gasteiger partial charge in [-0.25, -0.2) is 0 Å². The fourth-order valence-corrected chi connectivity index (χ4v) is 4.16. The first-order chi connectivity index (χ1) is 10.2. The SMILES string of the molecule is CCC(C)C1CN(Cc2ccccc2)C2(CCCC2)CN1. The van der Waals surface area contributed by atoms with Crippen molar-refractivity contribution < 1.29 is 0 Å². The lowest BCUT2D eigenvalue weighted by Gasteiger charge is -2.49. The average Bonchev–Trinajstić information content (AvgIpc) is 2.99. The molecule has 1 aromatic carbocycles. The minimum atomic E-state index is 0.430. The molecule has 1 N–H and O–H groups in total. The Morgan fingerprint density at radius 2 is 1.95 bits per heavy atom. The predicted octanol–water partition coefficient (Wildman–Crippen LogP) is 3.82. The molecule has 1 saturated heterocycles. The highest BCUT2D eigenvalue weighted by molar-refractivity contribution is 5.16. The Balaban J connectivity index is 1.76. The summed E-state index contributed by atoms with van der Waals surface area (Å²) in [6, 6.07) is 11.7. The summed E-state index contributed by atoms with van der Waals surface area (Å²) in [6.45, 7) is 8.23. The standard InChI is InChI=1S/C19H30N2/c1-3-16(2)18-14-21(13-17-9-5-4-6-10-17)19(15-20-18)11-7-8-12-19/h4-6,9-10,16,18,20H,3,7-8,11-15H2,1-2H3. The van der Waals surface area contributed by atoms with E-state index in [0.29, 0.717) is 11.6 Å². The molecule has 1 saturated carbocycles. The molecule has 1 aliphatic carbocycles. The summed E-state index contributed by atoms with van der Waals surface area (Å²) in [5, 5.41) is 3.88. The van der Waals surface area contributed by atoms with Crippen molar-refractivity contribution >= 4 is 0 Å². The number of benzene rings is 1. The molecule has 0 amide bonds. The fourth-order valence-electron chi connectivity index (χ4n) is 4.16. The molecule has 1 aromatic rings. The van der Waals surface area contributed by atoms with Gasteiger partial charge in [0.2, 0.25) is 0 Å². The van der Waals surface area contributed by atoms with Gasteiger partial charge in [0.1, 0.15) is 0 Å². The summed E-state index contributed by atoms with van der Waals surface area (Å²) in [7, 11) is 0. The molecule has 1 spiro atoms. The van der Waals surface area contributed by atoms with Crippen LogP contribution in [0, 0.1) is 5.92 Å². The molecule has 116 valence electrons. The second-order valence-corrected chi connectivity index (χ2v) is 7.17. The molecule has 2 unspecified atom stereocenters. The summed E-state index contributed by atoms with van der Waals surface area (Å²) in [6.07, 6.45) is 6.83. The molecular weight excluding hydrogens is 256 g/mol. The lowest BCUT2D eigenvalue weighted by Crippen LogP contribution is -2.64. The maximum atomic E-state index is 3.88. The van der Waals surface area contributed by atoms with E-state index in [0.717, 1.165) is 12.5 Å². The summed E-state index contributed by atoms with van der Waals surface area (Å²) < 4.78 is 0. The van der Waals surface area contributed by atoms with E-state index in [1.54, 1.807) is 0 Å². The summed E-state index contributed by atoms with van der Waals surface area (Å²) >= 11 is 0. The van der Waals surface area contributed by atoms with E-state index in [-0.39, 0.29) is 0 Å². The molecular formula is C19H30N2. The van der Waals surface area contributed by atoms with Crippen molar-refractivity contribution in [1.82, 2.24) is 10.2 Å². The molecule has 2 heteroatoms. The quantitative estimate of drug-likeness (QED) is 0.905. The Bertz CT molecular complexity index is 436. The normalized spacial score (nSPS) is 27.0. The Labute approximate surface area is 129 Å². The first kappa shape index (κ1) is 15.1. The molecule has 0 aromatic heterocycles. The Morgan fingerprint density at radius 1 is 1.24 bits per heavy atom. The first-order valence-electron chi connectivity index (χ1n) is 8.76. The molecule has 2 aliphatic rings. The van der Waals surface area contributed by atoms with Crippen molar-refractivity contribution in [3.63, 3.8) is 0 Å². The van der Waals surface area contributed by atoms with Gasteiger partial charge in [-0.1, -0.05) is 63.4 Å². The minimum absolute atomic E-state index is 0.430. The van der Waals surface area contributed by atoms with Gasteiger partial charge in [-0.15, -0.1) is 0 Å². The van der Waals surface area contributed by atoms with Gasteiger partial charge in [-0.05, 0) is 24.3 Å². The van der Waals surface area contributed by atoms with E-state index in [2.05, 4.69) is 54.4 Å². The van der Waals surface area contributed by atoms with E-state index >= 15 is 0 Å². The highest BCUT2D eigenvalue weighted by atomic mass is 15.3. The van der Waals surface area contributed by atoms with Crippen LogP contribution in [0.25, 0.3) is 0 Å². The van der Waals surface area contributed by atoms with Crippen LogP contribution in [0.2, 0.25) is 0 Å². The van der Waals surface area contributed by atoms with Crippen molar-refractivity contribution in [2.75, 3.05) is 13.1 Å². The molecule has 0 bridgehead atoms. The van der Waals surface area contributed by atoms with Crippen LogP contribution in [-0.4, -0.2) is 29.6 Å². The number of nitrogens with zero attached hydrogens (tertiary/aromatic N) is 1. The van der Waals surface area contributed by atoms with Crippen LogP contribution in [0.5, 0.6) is 0 Å². The van der Waals surface area contributed by atoms with Gasteiger partial charge < -0.3 is 5.32 Å². The van der Waals surface area contributed by atoms with Crippen LogP contribution in [0.4, 0.5) is 0 Å². The monoisotopic (exact) mass is 286 g/mol. The number of piperazine rings is 1. The smallest absolute Gasteiger partial charge is 0.0338 e. The number of rotatable bonds is 4. The van der Waals surface area contributed by atoms with Crippen LogP contribution >= 0.6 is 0 Å². The van der Waals surface area contributed by atoms with E-state index in [1.807, 2.05) is 0 Å². The molecule has 21 heavy (non-hydrogen) atoms. The van der Waals surface area contributed by atoms with Gasteiger partial charge in [0.15, 0.2) is 0 Å². The van der Waals surface area contributed by atoms with Gasteiger partial charge in [-0.2, -0.15) is 0 Å². The summed E-state index contributed by atoms with van der Waals surface area (Å²) in [5.41, 5.74) is 1.90. The Hall–Kier alpha value is -0.860. The van der Waals surface area contributed by atoms with E-state index in [1.165, 1.54) is 50.8 Å². The van der Waals surface area contributed by atoms with E-state index in [9.17, 15) is 0 Å². The van der Waals surface area contributed by atoms with Crippen LogP contribution in [0.3, 0.4) is 0 Å². The third-order valence-corrected chi connectivity index (χ3v) is 5.86. The van der Waals surface area contributed by atoms with Crippen molar-refractivity contribution in [2.45, 2.75) is 64.1 Å². The largest absolute Gasteiger partial charge is 0.311 e. The Kier molecular flexibility index (Phi) is 4.66. The molecule has 0 radical (unpaired) electrons. The van der Waals surface area contributed by atoms with Crippen molar-refractivity contribution in [3.8, 4) is 0 Å². The maximum Gasteiger partial charge on any atom is 0.0338 e. The van der Waals surface area contributed by atoms with Gasteiger partial charge in [-0.3, -0.25) is 4.90 Å². The topological polar surface area (TPSA) is 15.3 Å². The zero-order valence-corrected chi connectivity index (χ0v) is 13.6. The van der Waals surface area contributed by atoms with E-state index in [4.69, 9.17) is 0 Å². The highest BCUT2D eigenvalue weighted by Gasteiger charge is 2.43. The fraction of sp³-hybridized carbons (Fsp3) is 0.684. The molecule has 2 fully saturated rings. The molecule has 3 rings (SSSR count). The first-order valence-corrected chi connectivity index (χ1v) is 8.76. The second kappa shape index (κ2) is 6.50. The van der Waals surface area contributed by atoms with Gasteiger partial charge in [0.25, 0.3) is 0 Å². The van der Waals surface area contributed by atoms with Crippen LogP contribution in [0.15, 0.2) is 30.3 Å². The third-order valence-electron chi connectivity index (χ3n) is 5.86. The van der Waals surface area contributed by atoms with Crippen LogP contribution < -0.4 is 5.32 Å². The average molecular weight is 286 g/mol. The van der Waals surface area contributed by atoms with Gasteiger partial charge in [0, 0.05) is 31.2 Å². The zero-order chi connectivity index (χ0) is 14.7. The number of hydrogen-bond donors (Lipinski definition) is 1. The number of hydrogen-bond acceptors (Lipinski definition) is 2. The third kappa shape index (κ3) is 3.17. The van der Waals surface area contributed by atoms with E-state index < -0.39 is 0 Å². The molecule has 2 atom stereocenters. The molecule has 1 heterocycles. The predicted molar refractivity (Wildman–Crippen MR) is 89.3 cm³/mol.